The van der Waals surface area contributed by atoms with Crippen molar-refractivity contribution < 1.29 is 9.53 Å². The second-order valence-electron chi connectivity index (χ2n) is 3.82. The van der Waals surface area contributed by atoms with Gasteiger partial charge in [-0.3, -0.25) is 4.79 Å². The lowest BCUT2D eigenvalue weighted by atomic mass is 9.82. The number of hydrogen-bond acceptors (Lipinski definition) is 3. The molecule has 0 aliphatic heterocycles. The van der Waals surface area contributed by atoms with E-state index in [-0.39, 0.29) is 5.97 Å². The average Bonchev–Trinajstić information content (AvgIpc) is 2.16. The lowest BCUT2D eigenvalue weighted by Gasteiger charge is -2.28. The molecule has 0 aromatic heterocycles. The van der Waals surface area contributed by atoms with Gasteiger partial charge in [0.1, 0.15) is 0 Å². The van der Waals surface area contributed by atoms with E-state index in [2.05, 4.69) is 4.74 Å². The first kappa shape index (κ1) is 10.5. The quantitative estimate of drug-likeness (QED) is 0.677. The van der Waals surface area contributed by atoms with Crippen LogP contribution in [-0.2, 0) is 9.53 Å². The normalized spacial score (nSPS) is 28.5. The Morgan fingerprint density at radius 1 is 1.46 bits per heavy atom. The van der Waals surface area contributed by atoms with Gasteiger partial charge in [0.25, 0.3) is 0 Å². The summed E-state index contributed by atoms with van der Waals surface area (Å²) in [4.78, 5) is 10.9. The van der Waals surface area contributed by atoms with E-state index in [1.165, 1.54) is 26.4 Å². The van der Waals surface area contributed by atoms with Crippen LogP contribution in [0.15, 0.2) is 0 Å². The molecule has 3 nitrogen and oxygen atoms in total. The summed E-state index contributed by atoms with van der Waals surface area (Å²) in [6.45, 7) is 0. The number of hydrogen-bond donors (Lipinski definition) is 1. The first-order chi connectivity index (χ1) is 6.24. The zero-order valence-electron chi connectivity index (χ0n) is 8.29. The number of esters is 1. The molecule has 1 rings (SSSR count). The van der Waals surface area contributed by atoms with Gasteiger partial charge in [-0.2, -0.15) is 0 Å². The van der Waals surface area contributed by atoms with Crippen molar-refractivity contribution in [2.45, 2.75) is 44.6 Å². The van der Waals surface area contributed by atoms with Gasteiger partial charge in [0.15, 0.2) is 0 Å². The van der Waals surface area contributed by atoms with Gasteiger partial charge in [0.2, 0.25) is 0 Å². The number of carbonyl (C=O) groups excluding carboxylic acids is 1. The summed E-state index contributed by atoms with van der Waals surface area (Å²) in [6.07, 6.45) is 6.22. The highest BCUT2D eigenvalue weighted by molar-refractivity contribution is 5.69. The largest absolute Gasteiger partial charge is 0.469 e. The summed E-state index contributed by atoms with van der Waals surface area (Å²) < 4.78 is 4.60. The molecule has 0 aromatic carbocycles. The van der Waals surface area contributed by atoms with Crippen LogP contribution in [0.5, 0.6) is 0 Å². The molecule has 2 N–H and O–H groups in total. The first-order valence-corrected chi connectivity index (χ1v) is 5.06. The fourth-order valence-electron chi connectivity index (χ4n) is 2.00. The summed E-state index contributed by atoms with van der Waals surface area (Å²) in [5.41, 5.74) is 5.95. The van der Waals surface area contributed by atoms with Crippen LogP contribution in [0.2, 0.25) is 0 Å². The Morgan fingerprint density at radius 3 is 2.77 bits per heavy atom. The highest BCUT2D eigenvalue weighted by Crippen LogP contribution is 2.26. The highest BCUT2D eigenvalue weighted by atomic mass is 16.5. The molecule has 0 heterocycles. The molecule has 1 aliphatic rings. The van der Waals surface area contributed by atoms with E-state index in [9.17, 15) is 4.79 Å². The smallest absolute Gasteiger partial charge is 0.305 e. The summed E-state index contributed by atoms with van der Waals surface area (Å²) in [6, 6.07) is 0.304. The van der Waals surface area contributed by atoms with Crippen LogP contribution in [0, 0.1) is 5.92 Å². The number of carbonyl (C=O) groups is 1. The molecule has 1 aliphatic carbocycles. The van der Waals surface area contributed by atoms with Crippen molar-refractivity contribution in [1.82, 2.24) is 0 Å². The van der Waals surface area contributed by atoms with Gasteiger partial charge in [-0.05, 0) is 25.2 Å². The molecule has 2 atom stereocenters. The van der Waals surface area contributed by atoms with E-state index in [0.29, 0.717) is 18.4 Å². The maximum Gasteiger partial charge on any atom is 0.305 e. The van der Waals surface area contributed by atoms with Gasteiger partial charge >= 0.3 is 5.97 Å². The van der Waals surface area contributed by atoms with Crippen LogP contribution in [0.1, 0.15) is 38.5 Å². The Kier molecular flexibility index (Phi) is 4.22. The Balaban J connectivity index is 2.22. The summed E-state index contributed by atoms with van der Waals surface area (Å²) in [7, 11) is 1.43. The Labute approximate surface area is 79.6 Å². The summed E-state index contributed by atoms with van der Waals surface area (Å²) >= 11 is 0. The van der Waals surface area contributed by atoms with E-state index >= 15 is 0 Å². The molecule has 3 heteroatoms. The van der Waals surface area contributed by atoms with Crippen LogP contribution in [0.3, 0.4) is 0 Å². The Morgan fingerprint density at radius 2 is 2.15 bits per heavy atom. The van der Waals surface area contributed by atoms with E-state index < -0.39 is 0 Å². The highest BCUT2D eigenvalue weighted by Gasteiger charge is 2.22. The molecule has 0 spiro atoms. The molecule has 13 heavy (non-hydrogen) atoms. The molecule has 0 radical (unpaired) electrons. The fraction of sp³-hybridized carbons (Fsp3) is 0.900. The van der Waals surface area contributed by atoms with Crippen LogP contribution in [-0.4, -0.2) is 19.1 Å². The van der Waals surface area contributed by atoms with Gasteiger partial charge in [-0.25, -0.2) is 0 Å². The van der Waals surface area contributed by atoms with Gasteiger partial charge in [-0.15, -0.1) is 0 Å². The summed E-state index contributed by atoms with van der Waals surface area (Å²) in [5.74, 6) is 0.422. The van der Waals surface area contributed by atoms with Crippen LogP contribution < -0.4 is 5.73 Å². The first-order valence-electron chi connectivity index (χ1n) is 5.06. The van der Waals surface area contributed by atoms with Crippen LogP contribution in [0.25, 0.3) is 0 Å². The zero-order chi connectivity index (χ0) is 9.68. The molecule has 0 aromatic rings. The molecular weight excluding hydrogens is 166 g/mol. The van der Waals surface area contributed by atoms with Gasteiger partial charge in [0, 0.05) is 12.5 Å². The van der Waals surface area contributed by atoms with E-state index in [1.807, 2.05) is 0 Å². The van der Waals surface area contributed by atoms with E-state index in [0.717, 1.165) is 12.8 Å². The zero-order valence-corrected chi connectivity index (χ0v) is 8.29. The van der Waals surface area contributed by atoms with Crippen molar-refractivity contribution in [3.8, 4) is 0 Å². The molecule has 76 valence electrons. The molecule has 0 saturated heterocycles. The van der Waals surface area contributed by atoms with Crippen LogP contribution in [0.4, 0.5) is 0 Å². The number of ether oxygens (including phenoxy) is 1. The van der Waals surface area contributed by atoms with Crippen molar-refractivity contribution in [3.63, 3.8) is 0 Å². The lowest BCUT2D eigenvalue weighted by molar-refractivity contribution is -0.141. The number of rotatable bonds is 3. The average molecular weight is 185 g/mol. The lowest BCUT2D eigenvalue weighted by Crippen LogP contribution is -2.33. The fourth-order valence-corrected chi connectivity index (χ4v) is 2.00. The minimum Gasteiger partial charge on any atom is -0.469 e. The molecular formula is C10H19NO2. The van der Waals surface area contributed by atoms with E-state index in [1.54, 1.807) is 0 Å². The second kappa shape index (κ2) is 5.22. The topological polar surface area (TPSA) is 52.3 Å². The van der Waals surface area contributed by atoms with Crippen molar-refractivity contribution in [1.29, 1.82) is 0 Å². The minimum absolute atomic E-state index is 0.113. The second-order valence-corrected chi connectivity index (χ2v) is 3.82. The van der Waals surface area contributed by atoms with Gasteiger partial charge < -0.3 is 10.5 Å². The number of methoxy groups -OCH3 is 1. The monoisotopic (exact) mass is 185 g/mol. The predicted octanol–water partition coefficient (Wildman–Crippen LogP) is 1.46. The van der Waals surface area contributed by atoms with Crippen molar-refractivity contribution >= 4 is 5.97 Å². The third-order valence-corrected chi connectivity index (χ3v) is 2.91. The van der Waals surface area contributed by atoms with E-state index in [4.69, 9.17) is 5.73 Å². The molecule has 0 amide bonds. The van der Waals surface area contributed by atoms with Gasteiger partial charge in [-0.1, -0.05) is 12.8 Å². The maximum atomic E-state index is 10.9. The molecule has 0 bridgehead atoms. The molecule has 0 unspecified atom stereocenters. The van der Waals surface area contributed by atoms with Crippen molar-refractivity contribution in [3.05, 3.63) is 0 Å². The minimum atomic E-state index is -0.113. The third-order valence-electron chi connectivity index (χ3n) is 2.91. The Bertz CT molecular complexity index is 170. The standard InChI is InChI=1S/C10H19NO2/c1-13-10(12)7-6-8-4-2-3-5-9(8)11/h8-9H,2-7,11H2,1H3/t8-,9-/m1/s1. The van der Waals surface area contributed by atoms with Crippen LogP contribution >= 0.6 is 0 Å². The maximum absolute atomic E-state index is 10.9. The Hall–Kier alpha value is -0.570. The van der Waals surface area contributed by atoms with Gasteiger partial charge in [0.05, 0.1) is 7.11 Å². The third kappa shape index (κ3) is 3.35. The predicted molar refractivity (Wildman–Crippen MR) is 51.2 cm³/mol. The molecule has 1 fully saturated rings. The SMILES string of the molecule is COC(=O)CC[C@H]1CCCC[C@H]1N. The summed E-state index contributed by atoms with van der Waals surface area (Å²) in [5, 5.41) is 0. The number of nitrogens with two attached hydrogens (primary N) is 1. The van der Waals surface area contributed by atoms with Crippen molar-refractivity contribution in [2.75, 3.05) is 7.11 Å². The molecule has 1 saturated carbocycles. The van der Waals surface area contributed by atoms with Crippen molar-refractivity contribution in [2.24, 2.45) is 11.7 Å².